The predicted octanol–water partition coefficient (Wildman–Crippen LogP) is 3.48. The van der Waals surface area contributed by atoms with Crippen LogP contribution >= 0.6 is 11.3 Å². The van der Waals surface area contributed by atoms with Crippen LogP contribution < -0.4 is 0 Å². The van der Waals surface area contributed by atoms with Gasteiger partial charge in [0.1, 0.15) is 5.01 Å². The van der Waals surface area contributed by atoms with Crippen molar-refractivity contribution in [2.45, 2.75) is 32.7 Å². The van der Waals surface area contributed by atoms with E-state index < -0.39 is 0 Å². The van der Waals surface area contributed by atoms with Crippen LogP contribution in [0.5, 0.6) is 0 Å². The highest BCUT2D eigenvalue weighted by atomic mass is 32.1. The highest BCUT2D eigenvalue weighted by molar-refractivity contribution is 7.13. The number of pyridine rings is 1. The summed E-state index contributed by atoms with van der Waals surface area (Å²) >= 11 is 1.65. The van der Waals surface area contributed by atoms with E-state index in [0.717, 1.165) is 23.0 Å². The van der Waals surface area contributed by atoms with Crippen molar-refractivity contribution in [3.05, 3.63) is 35.5 Å². The second-order valence-corrected chi connectivity index (χ2v) is 6.69. The third kappa shape index (κ3) is 3.07. The first-order chi connectivity index (χ1) is 9.72. The molecule has 3 heterocycles. The summed E-state index contributed by atoms with van der Waals surface area (Å²) in [6.07, 6.45) is 4.22. The van der Waals surface area contributed by atoms with Crippen molar-refractivity contribution in [1.29, 1.82) is 0 Å². The molecule has 1 aliphatic rings. The van der Waals surface area contributed by atoms with Crippen molar-refractivity contribution in [2.24, 2.45) is 5.92 Å². The number of hydrogen-bond donors (Lipinski definition) is 0. The van der Waals surface area contributed by atoms with Crippen molar-refractivity contribution in [3.8, 4) is 10.7 Å². The van der Waals surface area contributed by atoms with E-state index in [1.54, 1.807) is 11.3 Å². The molecule has 0 bridgehead atoms. The van der Waals surface area contributed by atoms with E-state index in [1.165, 1.54) is 25.2 Å². The number of hydrogen-bond acceptors (Lipinski definition) is 4. The van der Waals surface area contributed by atoms with Crippen molar-refractivity contribution in [1.82, 2.24) is 14.9 Å². The fraction of sp³-hybridized carbons (Fsp3) is 0.500. The molecule has 1 saturated heterocycles. The standard InChI is InChI=1S/C16H21N3S/c1-12(2)19-8-6-13(11-19)10-14-4-3-5-15(18-14)16-17-7-9-20-16/h3-5,7,9,12-13H,6,8,10-11H2,1-2H3/t13-/m1/s1. The van der Waals surface area contributed by atoms with Gasteiger partial charge in [0.25, 0.3) is 0 Å². The van der Waals surface area contributed by atoms with E-state index in [-0.39, 0.29) is 0 Å². The normalized spacial score (nSPS) is 19.9. The lowest BCUT2D eigenvalue weighted by molar-refractivity contribution is 0.265. The Balaban J connectivity index is 1.68. The lowest BCUT2D eigenvalue weighted by Gasteiger charge is -2.20. The van der Waals surface area contributed by atoms with Crippen LogP contribution in [-0.4, -0.2) is 34.0 Å². The Morgan fingerprint density at radius 2 is 2.30 bits per heavy atom. The molecule has 4 heteroatoms. The van der Waals surface area contributed by atoms with Crippen LogP contribution in [0.3, 0.4) is 0 Å². The molecule has 2 aromatic heterocycles. The SMILES string of the molecule is CC(C)N1CC[C@H](Cc2cccc(-c3nccs3)n2)C1. The van der Waals surface area contributed by atoms with Crippen LogP contribution in [0.15, 0.2) is 29.8 Å². The molecule has 0 radical (unpaired) electrons. The maximum Gasteiger partial charge on any atom is 0.141 e. The van der Waals surface area contributed by atoms with Crippen LogP contribution in [0.2, 0.25) is 0 Å². The van der Waals surface area contributed by atoms with E-state index >= 15 is 0 Å². The molecule has 0 saturated carbocycles. The maximum atomic E-state index is 4.78. The average molecular weight is 287 g/mol. The molecule has 1 fully saturated rings. The Labute approximate surface area is 124 Å². The van der Waals surface area contributed by atoms with E-state index in [1.807, 2.05) is 11.6 Å². The van der Waals surface area contributed by atoms with Gasteiger partial charge in [-0.25, -0.2) is 4.98 Å². The molecule has 0 aliphatic carbocycles. The van der Waals surface area contributed by atoms with Gasteiger partial charge >= 0.3 is 0 Å². The lowest BCUT2D eigenvalue weighted by atomic mass is 10.0. The first-order valence-electron chi connectivity index (χ1n) is 7.32. The van der Waals surface area contributed by atoms with Gasteiger partial charge in [0, 0.05) is 29.9 Å². The molecular formula is C16H21N3S. The summed E-state index contributed by atoms with van der Waals surface area (Å²) in [7, 11) is 0. The van der Waals surface area contributed by atoms with Crippen LogP contribution in [0, 0.1) is 5.92 Å². The monoisotopic (exact) mass is 287 g/mol. The zero-order valence-electron chi connectivity index (χ0n) is 12.1. The van der Waals surface area contributed by atoms with Crippen molar-refractivity contribution < 1.29 is 0 Å². The van der Waals surface area contributed by atoms with E-state index in [0.29, 0.717) is 6.04 Å². The summed E-state index contributed by atoms with van der Waals surface area (Å²) in [5.41, 5.74) is 2.21. The molecule has 20 heavy (non-hydrogen) atoms. The summed E-state index contributed by atoms with van der Waals surface area (Å²) in [6, 6.07) is 6.97. The van der Waals surface area contributed by atoms with Crippen molar-refractivity contribution in [2.75, 3.05) is 13.1 Å². The van der Waals surface area contributed by atoms with Gasteiger partial charge in [0.2, 0.25) is 0 Å². The first-order valence-corrected chi connectivity index (χ1v) is 8.20. The van der Waals surface area contributed by atoms with Crippen LogP contribution in [-0.2, 0) is 6.42 Å². The first kappa shape index (κ1) is 13.7. The Kier molecular flexibility index (Phi) is 4.13. The van der Waals surface area contributed by atoms with E-state index in [2.05, 4.69) is 41.9 Å². The predicted molar refractivity (Wildman–Crippen MR) is 83.9 cm³/mol. The maximum absolute atomic E-state index is 4.78. The Morgan fingerprint density at radius 3 is 3.00 bits per heavy atom. The third-order valence-corrected chi connectivity index (χ3v) is 4.80. The quantitative estimate of drug-likeness (QED) is 0.862. The van der Waals surface area contributed by atoms with Crippen LogP contribution in [0.1, 0.15) is 26.0 Å². The third-order valence-electron chi connectivity index (χ3n) is 4.00. The number of thiazole rings is 1. The smallest absolute Gasteiger partial charge is 0.141 e. The van der Waals surface area contributed by atoms with Gasteiger partial charge in [0.05, 0.1) is 5.69 Å². The summed E-state index contributed by atoms with van der Waals surface area (Å²) in [4.78, 5) is 11.7. The van der Waals surface area contributed by atoms with Crippen molar-refractivity contribution >= 4 is 11.3 Å². The van der Waals surface area contributed by atoms with Gasteiger partial charge in [-0.15, -0.1) is 11.3 Å². The molecule has 0 amide bonds. The van der Waals surface area contributed by atoms with Crippen LogP contribution in [0.25, 0.3) is 10.7 Å². The molecule has 0 N–H and O–H groups in total. The summed E-state index contributed by atoms with van der Waals surface area (Å²) in [5, 5.41) is 3.02. The summed E-state index contributed by atoms with van der Waals surface area (Å²) in [6.45, 7) is 7.00. The highest BCUT2D eigenvalue weighted by Crippen LogP contribution is 2.24. The zero-order chi connectivity index (χ0) is 13.9. The molecule has 3 nitrogen and oxygen atoms in total. The van der Waals surface area contributed by atoms with Gasteiger partial charge in [-0.3, -0.25) is 4.98 Å². The second-order valence-electron chi connectivity index (χ2n) is 5.80. The topological polar surface area (TPSA) is 29.0 Å². The number of likely N-dealkylation sites (tertiary alicyclic amines) is 1. The Morgan fingerprint density at radius 1 is 1.40 bits per heavy atom. The van der Waals surface area contributed by atoms with Crippen molar-refractivity contribution in [3.63, 3.8) is 0 Å². The van der Waals surface area contributed by atoms with E-state index in [9.17, 15) is 0 Å². The Hall–Kier alpha value is -1.26. The number of nitrogens with zero attached hydrogens (tertiary/aromatic N) is 3. The molecule has 2 aromatic rings. The van der Waals surface area contributed by atoms with E-state index in [4.69, 9.17) is 4.98 Å². The fourth-order valence-corrected chi connectivity index (χ4v) is 3.46. The number of aromatic nitrogens is 2. The number of rotatable bonds is 4. The molecule has 0 unspecified atom stereocenters. The van der Waals surface area contributed by atoms with Crippen LogP contribution in [0.4, 0.5) is 0 Å². The Bertz CT molecular complexity index is 551. The molecular weight excluding hydrogens is 266 g/mol. The molecule has 0 spiro atoms. The summed E-state index contributed by atoms with van der Waals surface area (Å²) < 4.78 is 0. The van der Waals surface area contributed by atoms with Gasteiger partial charge in [-0.2, -0.15) is 0 Å². The minimum absolute atomic E-state index is 0.662. The lowest BCUT2D eigenvalue weighted by Crippen LogP contribution is -2.28. The molecule has 3 rings (SSSR count). The zero-order valence-corrected chi connectivity index (χ0v) is 12.9. The average Bonchev–Trinajstić information content (AvgIpc) is 3.10. The molecule has 106 valence electrons. The molecule has 1 aliphatic heterocycles. The largest absolute Gasteiger partial charge is 0.301 e. The summed E-state index contributed by atoms with van der Waals surface area (Å²) in [5.74, 6) is 0.747. The highest BCUT2D eigenvalue weighted by Gasteiger charge is 2.24. The second kappa shape index (κ2) is 6.02. The fourth-order valence-electron chi connectivity index (χ4n) is 2.86. The van der Waals surface area contributed by atoms with Gasteiger partial charge in [-0.1, -0.05) is 6.07 Å². The van der Waals surface area contributed by atoms with Gasteiger partial charge in [0.15, 0.2) is 0 Å². The minimum atomic E-state index is 0.662. The van der Waals surface area contributed by atoms with Gasteiger partial charge < -0.3 is 4.90 Å². The molecule has 0 aromatic carbocycles. The molecule has 1 atom stereocenters. The minimum Gasteiger partial charge on any atom is -0.301 e. The van der Waals surface area contributed by atoms with Gasteiger partial charge in [-0.05, 0) is 51.3 Å².